The smallest absolute Gasteiger partial charge is 0.233 e. The van der Waals surface area contributed by atoms with Crippen LogP contribution in [0.15, 0.2) is 30.4 Å². The van der Waals surface area contributed by atoms with Crippen molar-refractivity contribution in [2.45, 2.75) is 19.3 Å². The number of benzene rings is 1. The van der Waals surface area contributed by atoms with E-state index in [1.54, 1.807) is 18.2 Å². The monoisotopic (exact) mass is 389 g/mol. The van der Waals surface area contributed by atoms with Gasteiger partial charge >= 0.3 is 0 Å². The van der Waals surface area contributed by atoms with Crippen molar-refractivity contribution in [1.29, 1.82) is 0 Å². The second kappa shape index (κ2) is 6.81. The molecule has 26 heavy (non-hydrogen) atoms. The average Bonchev–Trinajstić information content (AvgIpc) is 3.12. The Morgan fingerprint density at radius 3 is 2.62 bits per heavy atom. The fourth-order valence-electron chi connectivity index (χ4n) is 3.44. The average molecular weight is 390 g/mol. The van der Waals surface area contributed by atoms with E-state index in [0.717, 1.165) is 10.2 Å². The van der Waals surface area contributed by atoms with Gasteiger partial charge in [-0.1, -0.05) is 35.1 Å². The summed E-state index contributed by atoms with van der Waals surface area (Å²) >= 11 is 7.29. The van der Waals surface area contributed by atoms with Gasteiger partial charge in [-0.05, 0) is 31.0 Å². The van der Waals surface area contributed by atoms with Crippen molar-refractivity contribution in [2.24, 2.45) is 11.8 Å². The Balaban J connectivity index is 1.37. The maximum absolute atomic E-state index is 12.4. The van der Waals surface area contributed by atoms with Gasteiger partial charge in [-0.3, -0.25) is 19.3 Å². The molecule has 2 aromatic rings. The van der Waals surface area contributed by atoms with Gasteiger partial charge in [-0.2, -0.15) is 0 Å². The summed E-state index contributed by atoms with van der Waals surface area (Å²) in [7, 11) is 0. The lowest BCUT2D eigenvalue weighted by Crippen LogP contribution is -2.34. The number of thiazole rings is 1. The summed E-state index contributed by atoms with van der Waals surface area (Å²) < 4.78 is 0.884. The summed E-state index contributed by atoms with van der Waals surface area (Å²) in [6.07, 6.45) is 5.16. The van der Waals surface area contributed by atoms with E-state index in [4.69, 9.17) is 11.6 Å². The Bertz CT molecular complexity index is 913. The lowest BCUT2D eigenvalue weighted by atomic mass is 9.85. The molecule has 6 nitrogen and oxygen atoms in total. The zero-order chi connectivity index (χ0) is 18.3. The van der Waals surface area contributed by atoms with E-state index in [-0.39, 0.29) is 42.5 Å². The van der Waals surface area contributed by atoms with Gasteiger partial charge in [0.25, 0.3) is 0 Å². The van der Waals surface area contributed by atoms with E-state index >= 15 is 0 Å². The minimum Gasteiger partial charge on any atom is -0.302 e. The molecule has 1 fully saturated rings. The molecule has 1 N–H and O–H groups in total. The molecule has 1 aromatic carbocycles. The summed E-state index contributed by atoms with van der Waals surface area (Å²) in [6, 6.07) is 5.33. The number of hydrogen-bond acceptors (Lipinski definition) is 5. The molecule has 0 radical (unpaired) electrons. The maximum Gasteiger partial charge on any atom is 0.233 e. The first-order valence-corrected chi connectivity index (χ1v) is 9.58. The highest BCUT2D eigenvalue weighted by atomic mass is 35.5. The van der Waals surface area contributed by atoms with E-state index in [1.807, 2.05) is 12.2 Å². The van der Waals surface area contributed by atoms with Crippen LogP contribution in [-0.4, -0.2) is 34.2 Å². The predicted octanol–water partition coefficient (Wildman–Crippen LogP) is 3.23. The highest BCUT2D eigenvalue weighted by molar-refractivity contribution is 7.22. The van der Waals surface area contributed by atoms with Crippen molar-refractivity contribution >= 4 is 56.0 Å². The number of allylic oxidation sites excluding steroid dienone is 2. The van der Waals surface area contributed by atoms with Crippen LogP contribution in [0.1, 0.15) is 19.3 Å². The number of nitrogens with one attached hydrogen (secondary N) is 1. The Hall–Kier alpha value is -2.25. The molecule has 0 saturated carbocycles. The molecule has 0 unspecified atom stereocenters. The maximum atomic E-state index is 12.4. The number of likely N-dealkylation sites (tertiary alicyclic amines) is 1. The first-order chi connectivity index (χ1) is 12.5. The molecule has 2 aliphatic rings. The highest BCUT2D eigenvalue weighted by Gasteiger charge is 2.46. The molecule has 1 aliphatic heterocycles. The molecule has 1 aromatic heterocycles. The lowest BCUT2D eigenvalue weighted by molar-refractivity contribution is -0.140. The van der Waals surface area contributed by atoms with Crippen LogP contribution in [0.5, 0.6) is 0 Å². The number of hydrogen-bond donors (Lipinski definition) is 1. The molecule has 0 bridgehead atoms. The quantitative estimate of drug-likeness (QED) is 0.643. The number of halogens is 1. The summed E-state index contributed by atoms with van der Waals surface area (Å²) in [5.74, 6) is -1.11. The Morgan fingerprint density at radius 1 is 1.23 bits per heavy atom. The van der Waals surface area contributed by atoms with Crippen LogP contribution in [-0.2, 0) is 14.4 Å². The summed E-state index contributed by atoms with van der Waals surface area (Å²) in [4.78, 5) is 42.6. The number of anilines is 1. The van der Waals surface area contributed by atoms with Crippen LogP contribution in [0, 0.1) is 11.8 Å². The molecule has 2 heterocycles. The summed E-state index contributed by atoms with van der Waals surface area (Å²) in [5, 5.41) is 3.82. The number of fused-ring (bicyclic) bond motifs is 2. The second-order valence-corrected chi connectivity index (χ2v) is 7.88. The largest absolute Gasteiger partial charge is 0.302 e. The van der Waals surface area contributed by atoms with Crippen molar-refractivity contribution in [3.05, 3.63) is 35.4 Å². The minimum absolute atomic E-state index is 0.0566. The van der Waals surface area contributed by atoms with Gasteiger partial charge in [0.05, 0.1) is 22.1 Å². The molecule has 8 heteroatoms. The third kappa shape index (κ3) is 3.12. The van der Waals surface area contributed by atoms with E-state index < -0.39 is 0 Å². The van der Waals surface area contributed by atoms with Crippen molar-refractivity contribution in [1.82, 2.24) is 9.88 Å². The Kier molecular flexibility index (Phi) is 4.50. The molecular weight excluding hydrogens is 374 g/mol. The first kappa shape index (κ1) is 17.2. The molecule has 3 amide bonds. The van der Waals surface area contributed by atoms with Crippen LogP contribution in [0.25, 0.3) is 10.2 Å². The number of rotatable bonds is 4. The summed E-state index contributed by atoms with van der Waals surface area (Å²) in [6.45, 7) is 0.104. The number of carbonyl (C=O) groups is 3. The van der Waals surface area contributed by atoms with Gasteiger partial charge in [-0.15, -0.1) is 0 Å². The van der Waals surface area contributed by atoms with E-state index in [2.05, 4.69) is 10.3 Å². The van der Waals surface area contributed by atoms with E-state index in [0.29, 0.717) is 23.0 Å². The molecule has 4 rings (SSSR count). The molecule has 1 saturated heterocycles. The van der Waals surface area contributed by atoms with Crippen LogP contribution >= 0.6 is 22.9 Å². The van der Waals surface area contributed by atoms with Gasteiger partial charge < -0.3 is 5.32 Å². The number of aromatic nitrogens is 1. The highest BCUT2D eigenvalue weighted by Crippen LogP contribution is 2.35. The SMILES string of the molecule is O=C(CCN1C(=O)[C@H]2CC=CC[C@@H]2C1=O)Nc1nc2ccc(Cl)cc2s1. The molecule has 1 aliphatic carbocycles. The predicted molar refractivity (Wildman–Crippen MR) is 100.0 cm³/mol. The first-order valence-electron chi connectivity index (χ1n) is 8.39. The number of amides is 3. The number of carbonyl (C=O) groups excluding carboxylic acids is 3. The minimum atomic E-state index is -0.274. The third-order valence-electron chi connectivity index (χ3n) is 4.76. The molecule has 0 spiro atoms. The van der Waals surface area contributed by atoms with Crippen molar-refractivity contribution in [2.75, 3.05) is 11.9 Å². The summed E-state index contributed by atoms with van der Waals surface area (Å²) in [5.41, 5.74) is 0.760. The Labute approximate surface area is 158 Å². The van der Waals surface area contributed by atoms with Gasteiger partial charge in [-0.25, -0.2) is 4.98 Å². The van der Waals surface area contributed by atoms with Crippen LogP contribution in [0.4, 0.5) is 5.13 Å². The van der Waals surface area contributed by atoms with Gasteiger partial charge in [0.2, 0.25) is 17.7 Å². The number of imide groups is 1. The van der Waals surface area contributed by atoms with E-state index in [9.17, 15) is 14.4 Å². The fourth-order valence-corrected chi connectivity index (χ4v) is 4.59. The van der Waals surface area contributed by atoms with Crippen molar-refractivity contribution in [3.63, 3.8) is 0 Å². The second-order valence-electron chi connectivity index (χ2n) is 6.41. The zero-order valence-electron chi connectivity index (χ0n) is 13.8. The lowest BCUT2D eigenvalue weighted by Gasteiger charge is -2.14. The normalized spacial score (nSPS) is 22.1. The molecule has 2 atom stereocenters. The van der Waals surface area contributed by atoms with E-state index in [1.165, 1.54) is 16.2 Å². The van der Waals surface area contributed by atoms with Crippen LogP contribution in [0.2, 0.25) is 5.02 Å². The fraction of sp³-hybridized carbons (Fsp3) is 0.333. The Morgan fingerprint density at radius 2 is 1.92 bits per heavy atom. The van der Waals surface area contributed by atoms with Crippen molar-refractivity contribution < 1.29 is 14.4 Å². The van der Waals surface area contributed by atoms with Crippen molar-refractivity contribution in [3.8, 4) is 0 Å². The zero-order valence-corrected chi connectivity index (χ0v) is 15.3. The standard InChI is InChI=1S/C18H16ClN3O3S/c19-10-5-6-13-14(9-10)26-18(20-13)21-15(23)7-8-22-16(24)11-3-1-2-4-12(11)17(22)25/h1-2,5-6,9,11-12H,3-4,7-8H2,(H,20,21,23)/t11-,12-/m0/s1. The van der Waals surface area contributed by atoms with Crippen LogP contribution < -0.4 is 5.32 Å². The molecular formula is C18H16ClN3O3S. The van der Waals surface area contributed by atoms with Gasteiger partial charge in [0.1, 0.15) is 0 Å². The van der Waals surface area contributed by atoms with Crippen LogP contribution in [0.3, 0.4) is 0 Å². The van der Waals surface area contributed by atoms with Gasteiger partial charge in [0, 0.05) is 18.0 Å². The number of nitrogens with zero attached hydrogens (tertiary/aromatic N) is 2. The molecule has 134 valence electrons. The topological polar surface area (TPSA) is 79.4 Å². The van der Waals surface area contributed by atoms with Gasteiger partial charge in [0.15, 0.2) is 5.13 Å². The third-order valence-corrected chi connectivity index (χ3v) is 5.93.